The van der Waals surface area contributed by atoms with E-state index in [1.807, 2.05) is 62.4 Å². The molecule has 0 radical (unpaired) electrons. The molecule has 2 atom stereocenters. The Morgan fingerprint density at radius 1 is 0.667 bits per heavy atom. The number of rotatable bonds is 10. The molecule has 3 aromatic rings. The van der Waals surface area contributed by atoms with Crippen LogP contribution < -0.4 is 10.9 Å². The van der Waals surface area contributed by atoms with Crippen molar-refractivity contribution < 1.29 is 9.59 Å². The van der Waals surface area contributed by atoms with Gasteiger partial charge < -0.3 is 0 Å². The molecule has 0 aliphatic rings. The van der Waals surface area contributed by atoms with Crippen molar-refractivity contribution in [2.75, 3.05) is 0 Å². The van der Waals surface area contributed by atoms with E-state index < -0.39 is 0 Å². The van der Waals surface area contributed by atoms with E-state index in [9.17, 15) is 9.59 Å². The van der Waals surface area contributed by atoms with Crippen LogP contribution >= 0.6 is 46.7 Å². The van der Waals surface area contributed by atoms with Crippen LogP contribution in [0.1, 0.15) is 25.0 Å². The third-order valence-electron chi connectivity index (χ3n) is 4.70. The number of nitrogens with one attached hydrogen (secondary N) is 2. The van der Waals surface area contributed by atoms with Crippen molar-refractivity contribution in [3.05, 3.63) is 94.0 Å². The highest BCUT2D eigenvalue weighted by Gasteiger charge is 2.14. The van der Waals surface area contributed by atoms with E-state index in [-0.39, 0.29) is 22.3 Å². The highest BCUT2D eigenvalue weighted by Crippen LogP contribution is 2.25. The molecule has 0 heterocycles. The molecule has 3 rings (SSSR count). The van der Waals surface area contributed by atoms with E-state index in [0.29, 0.717) is 10.0 Å². The monoisotopic (exact) mass is 558 g/mol. The number of hydrogen-bond donors (Lipinski definition) is 2. The third kappa shape index (κ3) is 9.35. The number of benzene rings is 3. The van der Waals surface area contributed by atoms with Crippen LogP contribution in [0.25, 0.3) is 0 Å². The van der Waals surface area contributed by atoms with Crippen molar-refractivity contribution in [1.29, 1.82) is 0 Å². The number of carbonyl (C=O) groups is 2. The predicted octanol–water partition coefficient (Wildman–Crippen LogP) is 6.26. The molecule has 0 fully saturated rings. The molecule has 36 heavy (non-hydrogen) atoms. The molecule has 0 aliphatic heterocycles. The van der Waals surface area contributed by atoms with Crippen LogP contribution in [0.3, 0.4) is 0 Å². The van der Waals surface area contributed by atoms with Crippen molar-refractivity contribution in [2.45, 2.75) is 34.1 Å². The van der Waals surface area contributed by atoms with E-state index in [0.717, 1.165) is 20.9 Å². The smallest absolute Gasteiger partial charge is 0.253 e. The molecule has 0 saturated heterocycles. The minimum absolute atomic E-state index is 0.200. The molecule has 0 unspecified atom stereocenters. The molecule has 0 spiro atoms. The fourth-order valence-corrected chi connectivity index (χ4v) is 4.71. The second-order valence-electron chi connectivity index (χ2n) is 7.56. The normalized spacial score (nSPS) is 13.0. The van der Waals surface area contributed by atoms with Crippen molar-refractivity contribution >= 4 is 71.0 Å². The Bertz CT molecular complexity index is 1120. The molecule has 3 aromatic carbocycles. The first-order valence-electron chi connectivity index (χ1n) is 10.9. The minimum atomic E-state index is -0.315. The number of hydrazone groups is 2. The molecule has 0 aliphatic carbocycles. The average molecular weight is 560 g/mol. The highest BCUT2D eigenvalue weighted by molar-refractivity contribution is 8.00. The van der Waals surface area contributed by atoms with Gasteiger partial charge in [0.25, 0.3) is 11.8 Å². The van der Waals surface area contributed by atoms with Gasteiger partial charge in [0.15, 0.2) is 0 Å². The molecule has 0 bridgehead atoms. The van der Waals surface area contributed by atoms with Crippen molar-refractivity contribution in [2.24, 2.45) is 10.2 Å². The van der Waals surface area contributed by atoms with Gasteiger partial charge in [0, 0.05) is 19.8 Å². The van der Waals surface area contributed by atoms with Crippen molar-refractivity contribution in [1.82, 2.24) is 10.9 Å². The van der Waals surface area contributed by atoms with E-state index in [2.05, 4.69) is 21.1 Å². The van der Waals surface area contributed by atoms with E-state index in [1.165, 1.54) is 23.5 Å². The van der Waals surface area contributed by atoms with Crippen LogP contribution in [0.5, 0.6) is 0 Å². The zero-order valence-corrected chi connectivity index (χ0v) is 22.7. The fourth-order valence-electron chi connectivity index (χ4n) is 2.73. The van der Waals surface area contributed by atoms with E-state index in [1.54, 1.807) is 36.7 Å². The first kappa shape index (κ1) is 27.8. The largest absolute Gasteiger partial charge is 0.272 e. The van der Waals surface area contributed by atoms with Gasteiger partial charge in [0.05, 0.1) is 22.9 Å². The molecule has 0 aromatic heterocycles. The third-order valence-corrected chi connectivity index (χ3v) is 7.43. The maximum absolute atomic E-state index is 12.3. The number of halogens is 2. The Balaban J connectivity index is 1.42. The molecule has 0 saturated carbocycles. The number of nitrogens with zero attached hydrogens (tertiary/aromatic N) is 2. The summed E-state index contributed by atoms with van der Waals surface area (Å²) in [4.78, 5) is 26.4. The first-order chi connectivity index (χ1) is 17.3. The molecule has 2 amide bonds. The van der Waals surface area contributed by atoms with Gasteiger partial charge in [0.2, 0.25) is 0 Å². The molecule has 10 heteroatoms. The Morgan fingerprint density at radius 3 is 1.33 bits per heavy atom. The van der Waals surface area contributed by atoms with Crippen molar-refractivity contribution in [3.8, 4) is 0 Å². The average Bonchev–Trinajstić information content (AvgIpc) is 2.87. The summed E-state index contributed by atoms with van der Waals surface area (Å²) in [7, 11) is 0. The van der Waals surface area contributed by atoms with Gasteiger partial charge in [-0.3, -0.25) is 9.59 Å². The summed E-state index contributed by atoms with van der Waals surface area (Å²) in [5.41, 5.74) is 6.73. The van der Waals surface area contributed by atoms with Gasteiger partial charge in [-0.2, -0.15) is 10.2 Å². The topological polar surface area (TPSA) is 82.9 Å². The molecule has 6 nitrogen and oxygen atoms in total. The Labute approximate surface area is 228 Å². The van der Waals surface area contributed by atoms with E-state index in [4.69, 9.17) is 23.2 Å². The Morgan fingerprint density at radius 2 is 1.00 bits per heavy atom. The van der Waals surface area contributed by atoms with Gasteiger partial charge in [-0.25, -0.2) is 10.9 Å². The highest BCUT2D eigenvalue weighted by atomic mass is 35.5. The summed E-state index contributed by atoms with van der Waals surface area (Å²) >= 11 is 14.6. The van der Waals surface area contributed by atoms with Crippen LogP contribution in [-0.2, 0) is 9.59 Å². The summed E-state index contributed by atoms with van der Waals surface area (Å²) in [5.74, 6) is -0.400. The lowest BCUT2D eigenvalue weighted by atomic mass is 10.2. The van der Waals surface area contributed by atoms with Crippen molar-refractivity contribution in [3.63, 3.8) is 0 Å². The number of amides is 2. The van der Waals surface area contributed by atoms with Gasteiger partial charge in [-0.15, -0.1) is 23.5 Å². The lowest BCUT2D eigenvalue weighted by Gasteiger charge is -2.09. The summed E-state index contributed by atoms with van der Waals surface area (Å²) in [6.07, 6.45) is 3.13. The van der Waals surface area contributed by atoms with Gasteiger partial charge in [-0.1, -0.05) is 47.5 Å². The lowest BCUT2D eigenvalue weighted by Crippen LogP contribution is -2.26. The summed E-state index contributed by atoms with van der Waals surface area (Å²) in [6.45, 7) is 3.63. The number of thioether (sulfide) groups is 2. The number of carbonyl (C=O) groups excluding carboxylic acids is 2. The summed E-state index contributed by atoms with van der Waals surface area (Å²) in [5, 5.41) is 8.74. The molecule has 186 valence electrons. The Hall–Kier alpha value is -2.78. The second kappa shape index (κ2) is 14.1. The van der Waals surface area contributed by atoms with Crippen LogP contribution in [0.15, 0.2) is 92.8 Å². The SMILES string of the molecule is C[C@H](Sc1ccc(Cl)cc1)C(=O)N/N=C\c1ccc(/C=N\NC(=O)[C@H](C)Sc2ccc(Cl)cc2)cc1. The van der Waals surface area contributed by atoms with Crippen LogP contribution in [0.4, 0.5) is 0 Å². The standard InChI is InChI=1S/C26H24Cl2N4O2S2/c1-17(35-23-11-7-21(27)8-12-23)25(33)31-29-15-19-3-5-20(6-4-19)16-30-32-26(34)18(2)36-24-13-9-22(28)10-14-24/h3-18H,1-2H3,(H,31,33)(H,32,34)/b29-15-,30-16-/t17-,18-/m0/s1. The predicted molar refractivity (Wildman–Crippen MR) is 151 cm³/mol. The van der Waals surface area contributed by atoms with Crippen LogP contribution in [0, 0.1) is 0 Å². The maximum Gasteiger partial charge on any atom is 0.253 e. The summed E-state index contributed by atoms with van der Waals surface area (Å²) < 4.78 is 0. The second-order valence-corrected chi connectivity index (χ2v) is 11.3. The van der Waals surface area contributed by atoms with E-state index >= 15 is 0 Å². The zero-order valence-electron chi connectivity index (χ0n) is 19.5. The fraction of sp³-hybridized carbons (Fsp3) is 0.154. The van der Waals surface area contributed by atoms with Gasteiger partial charge in [0.1, 0.15) is 0 Å². The molecular formula is C26H24Cl2N4O2S2. The maximum atomic E-state index is 12.3. The quantitative estimate of drug-likeness (QED) is 0.175. The first-order valence-corrected chi connectivity index (χ1v) is 13.4. The van der Waals surface area contributed by atoms with Crippen LogP contribution in [0.2, 0.25) is 10.0 Å². The molecular weight excluding hydrogens is 535 g/mol. The zero-order chi connectivity index (χ0) is 25.9. The van der Waals surface area contributed by atoms with Gasteiger partial charge >= 0.3 is 0 Å². The molecule has 2 N–H and O–H groups in total. The van der Waals surface area contributed by atoms with Crippen LogP contribution in [-0.4, -0.2) is 34.7 Å². The minimum Gasteiger partial charge on any atom is -0.272 e. The lowest BCUT2D eigenvalue weighted by molar-refractivity contribution is -0.121. The summed E-state index contributed by atoms with van der Waals surface area (Å²) in [6, 6.07) is 22.0. The number of hydrogen-bond acceptors (Lipinski definition) is 6. The van der Waals surface area contributed by atoms with Gasteiger partial charge in [-0.05, 0) is 73.5 Å². The Kier molecular flexibility index (Phi) is 10.9.